The third-order valence-corrected chi connectivity index (χ3v) is 12.2. The Balaban J connectivity index is 0.000000170. The van der Waals surface area contributed by atoms with E-state index in [0.29, 0.717) is 0 Å². The van der Waals surface area contributed by atoms with Crippen molar-refractivity contribution >= 4 is 77.0 Å². The van der Waals surface area contributed by atoms with Crippen molar-refractivity contribution in [2.75, 3.05) is 0 Å². The fourth-order valence-electron chi connectivity index (χ4n) is 4.72. The zero-order chi connectivity index (χ0) is 32.9. The molecule has 7 aromatic rings. The van der Waals surface area contributed by atoms with E-state index in [9.17, 15) is 0 Å². The third-order valence-electron chi connectivity index (χ3n) is 6.76. The van der Waals surface area contributed by atoms with Gasteiger partial charge in [-0.25, -0.2) is 0 Å². The van der Waals surface area contributed by atoms with Crippen LogP contribution in [0.25, 0.3) is 0 Å². The molecule has 0 amide bonds. The molecule has 0 aromatic heterocycles. The number of hydrogen-bond acceptors (Lipinski definition) is 0. The molecule has 0 fully saturated rings. The first-order valence-corrected chi connectivity index (χ1v) is 22.0. The van der Waals surface area contributed by atoms with Crippen molar-refractivity contribution in [3.63, 3.8) is 0 Å². The van der Waals surface area contributed by atoms with E-state index in [2.05, 4.69) is 235 Å². The van der Waals surface area contributed by atoms with Gasteiger partial charge in [-0.15, -0.1) is 0 Å². The average Bonchev–Trinajstić information content (AvgIpc) is 3.16. The van der Waals surface area contributed by atoms with E-state index < -0.39 is 15.8 Å². The fourth-order valence-corrected chi connectivity index (χ4v) is 9.60. The smallest absolute Gasteiger partial charge is 0.0134 e. The molecule has 0 spiro atoms. The minimum Gasteiger partial charge on any atom is -0.0622 e. The summed E-state index contributed by atoms with van der Waals surface area (Å²) in [5, 5.41) is 8.39. The Kier molecular flexibility index (Phi) is 17.1. The third kappa shape index (κ3) is 12.2. The molecule has 0 N–H and O–H groups in total. The molecule has 5 heteroatoms. The van der Waals surface area contributed by atoms with Crippen LogP contribution in [0.2, 0.25) is 0 Å². The van der Waals surface area contributed by atoms with Crippen LogP contribution in [0, 0.1) is 6.07 Å². The summed E-state index contributed by atoms with van der Waals surface area (Å²) in [5.41, 5.74) is 0. The summed E-state index contributed by atoms with van der Waals surface area (Å²) in [6.45, 7) is 0. The summed E-state index contributed by atoms with van der Waals surface area (Å²) in [7, 11) is -0.892. The summed E-state index contributed by atoms with van der Waals surface area (Å²) in [4.78, 5) is 0. The Morgan fingerprint density at radius 2 is 0.511 bits per heavy atom. The van der Waals surface area contributed by atoms with Gasteiger partial charge in [0, 0.05) is 0 Å². The first-order chi connectivity index (χ1) is 23.3. The Morgan fingerprint density at radius 1 is 0.319 bits per heavy atom. The molecular weight excluding hydrogens is 833 g/mol. The molecule has 0 aliphatic rings. The molecule has 7 rings (SSSR count). The van der Waals surface area contributed by atoms with Crippen LogP contribution in [0.4, 0.5) is 0 Å². The molecule has 7 aromatic carbocycles. The summed E-state index contributed by atoms with van der Waals surface area (Å²) in [6, 6.07) is 75.2. The number of hydrogen-bond donors (Lipinski definition) is 0. The predicted octanol–water partition coefficient (Wildman–Crippen LogP) is 9.98. The molecule has 236 valence electrons. The summed E-state index contributed by atoms with van der Waals surface area (Å²) in [6.07, 6.45) is 0. The topological polar surface area (TPSA) is 0 Å². The molecule has 0 radical (unpaired) electrons. The van der Waals surface area contributed by atoms with Crippen molar-refractivity contribution in [2.45, 2.75) is 0 Å². The molecular formula is C42H34Br2P2Pd. The molecule has 0 saturated carbocycles. The minimum absolute atomic E-state index is 0.446. The molecule has 0 heterocycles. The maximum absolute atomic E-state index is 3.29. The van der Waals surface area contributed by atoms with Crippen molar-refractivity contribution in [3.8, 4) is 0 Å². The van der Waals surface area contributed by atoms with Gasteiger partial charge in [0.15, 0.2) is 0 Å². The molecule has 0 bridgehead atoms. The van der Waals surface area contributed by atoms with E-state index in [1.54, 1.807) is 0 Å². The second kappa shape index (κ2) is 21.8. The van der Waals surface area contributed by atoms with Crippen LogP contribution >= 0.6 is 45.2 Å². The largest absolute Gasteiger partial charge is 0.0622 e. The zero-order valence-corrected chi connectivity index (χ0v) is 32.1. The van der Waals surface area contributed by atoms with Crippen molar-refractivity contribution < 1.29 is 17.2 Å². The second-order valence-corrected chi connectivity index (χ2v) is 15.3. The first kappa shape index (κ1) is 36.9. The van der Waals surface area contributed by atoms with Crippen LogP contribution < -0.4 is 31.8 Å². The van der Waals surface area contributed by atoms with E-state index >= 15 is 0 Å². The van der Waals surface area contributed by atoms with Gasteiger partial charge in [-0.3, -0.25) is 0 Å². The standard InChI is InChI=1S/2C18H15P.C6H4Br.BrH.Pd/c2*1-4-10-16(11-5-1)19(17-12-6-2-7-13-17)18-14-8-3-9-15-18;7-6-4-2-1-3-5-6;;/h2*1-15H;2-5H;1H;/q;;-1;;+2/p-1. The number of halogens is 2. The summed E-state index contributed by atoms with van der Waals surface area (Å²) >= 11 is 8.64. The zero-order valence-electron chi connectivity index (χ0n) is 25.6. The SMILES string of the molecule is Brc1cc[c-]cc1.[Br][Pd+].c1ccc(P(c2ccccc2)c2ccccc2)cc1.c1ccc(P(c2ccccc2)c2ccccc2)cc1. The van der Waals surface area contributed by atoms with Crippen LogP contribution in [0.15, 0.2) is 211 Å². The quantitative estimate of drug-likeness (QED) is 0.0888. The summed E-state index contributed by atoms with van der Waals surface area (Å²) in [5.74, 6) is 0. The number of benzene rings is 7. The van der Waals surface area contributed by atoms with Crippen LogP contribution in [0.5, 0.6) is 0 Å². The van der Waals surface area contributed by atoms with Crippen molar-refractivity contribution in [1.82, 2.24) is 0 Å². The second-order valence-electron chi connectivity index (χ2n) is 9.90. The maximum Gasteiger partial charge on any atom is -0.0134 e. The van der Waals surface area contributed by atoms with Gasteiger partial charge >= 0.3 is 30.6 Å². The van der Waals surface area contributed by atoms with Gasteiger partial charge in [-0.05, 0) is 47.7 Å². The van der Waals surface area contributed by atoms with Crippen LogP contribution in [0.3, 0.4) is 0 Å². The maximum atomic E-state index is 3.29. The molecule has 0 aliphatic heterocycles. The van der Waals surface area contributed by atoms with Crippen LogP contribution in [0.1, 0.15) is 0 Å². The van der Waals surface area contributed by atoms with Crippen LogP contribution in [-0.2, 0) is 17.2 Å². The van der Waals surface area contributed by atoms with Gasteiger partial charge in [0.25, 0.3) is 0 Å². The molecule has 47 heavy (non-hydrogen) atoms. The number of rotatable bonds is 6. The Labute approximate surface area is 308 Å². The van der Waals surface area contributed by atoms with E-state index in [4.69, 9.17) is 0 Å². The van der Waals surface area contributed by atoms with Crippen molar-refractivity contribution in [1.29, 1.82) is 0 Å². The Bertz CT molecular complexity index is 1470. The normalized spacial score (nSPS) is 10.0. The van der Waals surface area contributed by atoms with Gasteiger partial charge in [0.1, 0.15) is 0 Å². The van der Waals surface area contributed by atoms with E-state index in [1.807, 2.05) is 24.3 Å². The van der Waals surface area contributed by atoms with Crippen molar-refractivity contribution in [3.05, 3.63) is 217 Å². The van der Waals surface area contributed by atoms with Gasteiger partial charge < -0.3 is 0 Å². The predicted molar refractivity (Wildman–Crippen MR) is 212 cm³/mol. The molecule has 0 saturated heterocycles. The molecule has 0 unspecified atom stereocenters. The molecule has 0 aliphatic carbocycles. The average molecular weight is 867 g/mol. The molecule has 0 atom stereocenters. The Morgan fingerprint density at radius 3 is 0.660 bits per heavy atom. The van der Waals surface area contributed by atoms with Gasteiger partial charge in [-0.1, -0.05) is 202 Å². The Hall–Kier alpha value is -2.98. The fraction of sp³-hybridized carbons (Fsp3) is 0. The van der Waals surface area contributed by atoms with E-state index in [1.165, 1.54) is 31.8 Å². The summed E-state index contributed by atoms with van der Waals surface area (Å²) < 4.78 is 1.10. The van der Waals surface area contributed by atoms with E-state index in [0.717, 1.165) is 4.47 Å². The van der Waals surface area contributed by atoms with Gasteiger partial charge in [0.2, 0.25) is 0 Å². The molecule has 0 nitrogen and oxygen atoms in total. The monoisotopic (exact) mass is 864 g/mol. The van der Waals surface area contributed by atoms with Gasteiger partial charge in [-0.2, -0.15) is 30.3 Å². The van der Waals surface area contributed by atoms with E-state index in [-0.39, 0.29) is 0 Å². The van der Waals surface area contributed by atoms with Gasteiger partial charge in [0.05, 0.1) is 0 Å². The first-order valence-electron chi connectivity index (χ1n) is 14.9. The van der Waals surface area contributed by atoms with Crippen molar-refractivity contribution in [2.24, 2.45) is 0 Å². The minimum atomic E-state index is -0.446. The van der Waals surface area contributed by atoms with Crippen LogP contribution in [-0.4, -0.2) is 0 Å².